The Labute approximate surface area is 181 Å². The predicted octanol–water partition coefficient (Wildman–Crippen LogP) is 0.911. The Kier molecular flexibility index (Phi) is 5.34. The van der Waals surface area contributed by atoms with Crippen molar-refractivity contribution in [2.24, 2.45) is 11.8 Å². The zero-order valence-electron chi connectivity index (χ0n) is 17.6. The molecule has 3 amide bonds. The first-order valence-corrected chi connectivity index (χ1v) is 11.3. The molecule has 2 bridgehead atoms. The fourth-order valence-corrected chi connectivity index (χ4v) is 8.01. The van der Waals surface area contributed by atoms with Gasteiger partial charge in [0.05, 0.1) is 29.2 Å². The number of likely N-dealkylation sites (tertiary alicyclic amines) is 1. The van der Waals surface area contributed by atoms with Crippen LogP contribution in [0.3, 0.4) is 0 Å². The number of benzene rings is 1. The zero-order valence-corrected chi connectivity index (χ0v) is 18.4. The Morgan fingerprint density at radius 2 is 1.97 bits per heavy atom. The summed E-state index contributed by atoms with van der Waals surface area (Å²) in [6.07, 6.45) is 1.49. The van der Waals surface area contributed by atoms with E-state index in [1.165, 1.54) is 0 Å². The Morgan fingerprint density at radius 3 is 2.60 bits per heavy atom. The van der Waals surface area contributed by atoms with E-state index in [4.69, 9.17) is 0 Å². The number of carbonyl (C=O) groups excluding carboxylic acids is 3. The number of amides is 3. The molecule has 6 atom stereocenters. The number of rotatable bonds is 6. The van der Waals surface area contributed by atoms with Crippen LogP contribution in [0.2, 0.25) is 0 Å². The van der Waals surface area contributed by atoms with Crippen molar-refractivity contribution in [2.75, 3.05) is 13.7 Å². The van der Waals surface area contributed by atoms with E-state index in [2.05, 4.69) is 10.6 Å². The normalized spacial score (nSPS) is 35.3. The molecule has 3 N–H and O–H groups in total. The van der Waals surface area contributed by atoms with Gasteiger partial charge in [0.1, 0.15) is 6.04 Å². The topological polar surface area (TPSA) is 98.7 Å². The number of carbonyl (C=O) groups is 3. The van der Waals surface area contributed by atoms with Crippen molar-refractivity contribution in [2.45, 2.75) is 54.8 Å². The minimum Gasteiger partial charge on any atom is -0.394 e. The van der Waals surface area contributed by atoms with Gasteiger partial charge in [0, 0.05) is 18.3 Å². The summed E-state index contributed by atoms with van der Waals surface area (Å²) in [5.74, 6) is -1.59. The first-order chi connectivity index (χ1) is 14.3. The average molecular weight is 432 g/mol. The lowest BCUT2D eigenvalue weighted by Crippen LogP contribution is -2.55. The molecule has 4 rings (SSSR count). The van der Waals surface area contributed by atoms with Gasteiger partial charge in [-0.1, -0.05) is 30.3 Å². The Morgan fingerprint density at radius 1 is 1.27 bits per heavy atom. The molecule has 1 aromatic rings. The molecule has 3 heterocycles. The van der Waals surface area contributed by atoms with Crippen LogP contribution in [0, 0.1) is 11.8 Å². The summed E-state index contributed by atoms with van der Waals surface area (Å²) in [6, 6.07) is 8.42. The lowest BCUT2D eigenvalue weighted by Gasteiger charge is -2.36. The average Bonchev–Trinajstić information content (AvgIpc) is 3.32. The quantitative estimate of drug-likeness (QED) is 0.622. The minimum absolute atomic E-state index is 0.146. The second-order valence-corrected chi connectivity index (χ2v) is 10.7. The van der Waals surface area contributed by atoms with E-state index in [0.29, 0.717) is 13.0 Å². The molecular weight excluding hydrogens is 402 g/mol. The molecule has 30 heavy (non-hydrogen) atoms. The maximum Gasteiger partial charge on any atom is 0.244 e. The molecule has 3 aliphatic heterocycles. The third kappa shape index (κ3) is 2.95. The SMILES string of the molecule is CNC(=O)[C@H]1[C@H]2C(=O)N([C@H](C)CO)C(C(=O)NCc3ccccc3)C23CC[C@]1(C)S3. The second kappa shape index (κ2) is 7.57. The molecule has 8 heteroatoms. The van der Waals surface area contributed by atoms with Crippen molar-refractivity contribution in [3.05, 3.63) is 35.9 Å². The van der Waals surface area contributed by atoms with Gasteiger partial charge in [-0.25, -0.2) is 0 Å². The largest absolute Gasteiger partial charge is 0.394 e. The highest BCUT2D eigenvalue weighted by atomic mass is 32.2. The highest BCUT2D eigenvalue weighted by molar-refractivity contribution is 8.02. The minimum atomic E-state index is -0.706. The Balaban J connectivity index is 1.69. The molecule has 1 spiro atoms. The van der Waals surface area contributed by atoms with Crippen LogP contribution in [0.15, 0.2) is 30.3 Å². The number of hydrogen-bond acceptors (Lipinski definition) is 5. The summed E-state index contributed by atoms with van der Waals surface area (Å²) < 4.78 is -1.01. The number of nitrogens with zero attached hydrogens (tertiary/aromatic N) is 1. The molecule has 3 saturated heterocycles. The number of thioether (sulfide) groups is 1. The van der Waals surface area contributed by atoms with Crippen LogP contribution in [0.4, 0.5) is 0 Å². The maximum absolute atomic E-state index is 13.6. The van der Waals surface area contributed by atoms with Gasteiger partial charge in [-0.15, -0.1) is 11.8 Å². The van der Waals surface area contributed by atoms with E-state index >= 15 is 0 Å². The molecular formula is C22H29N3O4S. The lowest BCUT2D eigenvalue weighted by atomic mass is 9.66. The number of nitrogens with one attached hydrogen (secondary N) is 2. The maximum atomic E-state index is 13.6. The lowest BCUT2D eigenvalue weighted by molar-refractivity contribution is -0.142. The second-order valence-electron chi connectivity index (χ2n) is 8.82. The van der Waals surface area contributed by atoms with Crippen molar-refractivity contribution in [3.8, 4) is 0 Å². The molecule has 0 aliphatic carbocycles. The van der Waals surface area contributed by atoms with Gasteiger partial charge in [-0.3, -0.25) is 14.4 Å². The van der Waals surface area contributed by atoms with Gasteiger partial charge in [-0.2, -0.15) is 0 Å². The molecule has 0 aromatic heterocycles. The number of hydrogen-bond donors (Lipinski definition) is 3. The summed E-state index contributed by atoms with van der Waals surface area (Å²) in [5, 5.41) is 15.5. The third-order valence-electron chi connectivity index (χ3n) is 7.04. The van der Waals surface area contributed by atoms with E-state index in [9.17, 15) is 19.5 Å². The monoisotopic (exact) mass is 431 g/mol. The van der Waals surface area contributed by atoms with Crippen LogP contribution < -0.4 is 10.6 Å². The van der Waals surface area contributed by atoms with Crippen LogP contribution in [-0.2, 0) is 20.9 Å². The number of aliphatic hydroxyl groups is 1. The predicted molar refractivity (Wildman–Crippen MR) is 114 cm³/mol. The standard InChI is InChI=1S/C22H29N3O4S/c1-13(12-26)25-17(19(28)24-11-14-7-5-4-6-8-14)22-10-9-21(2,30-22)15(18(27)23-3)16(22)20(25)29/h4-8,13,15-17,26H,9-12H2,1-3H3,(H,23,27)(H,24,28)/t13-,15-,16+,17?,21+,22?/m1/s1. The highest BCUT2D eigenvalue weighted by Crippen LogP contribution is 2.71. The van der Waals surface area contributed by atoms with Crippen molar-refractivity contribution in [1.29, 1.82) is 0 Å². The van der Waals surface area contributed by atoms with Gasteiger partial charge in [-0.05, 0) is 32.3 Å². The van der Waals surface area contributed by atoms with Gasteiger partial charge in [0.25, 0.3) is 0 Å². The smallest absolute Gasteiger partial charge is 0.244 e. The molecule has 3 aliphatic rings. The van der Waals surface area contributed by atoms with E-state index in [1.807, 2.05) is 37.3 Å². The van der Waals surface area contributed by atoms with Gasteiger partial charge < -0.3 is 20.6 Å². The Hall–Kier alpha value is -2.06. The summed E-state index contributed by atoms with van der Waals surface area (Å²) in [6.45, 7) is 3.92. The van der Waals surface area contributed by atoms with Crippen molar-refractivity contribution < 1.29 is 19.5 Å². The van der Waals surface area contributed by atoms with Gasteiger partial charge in [0.15, 0.2) is 0 Å². The van der Waals surface area contributed by atoms with E-state index < -0.39 is 28.7 Å². The number of fused-ring (bicyclic) bond motifs is 1. The molecule has 7 nitrogen and oxygen atoms in total. The summed E-state index contributed by atoms with van der Waals surface area (Å²) in [5.41, 5.74) is 0.976. The highest BCUT2D eigenvalue weighted by Gasteiger charge is 2.77. The molecule has 1 aromatic carbocycles. The fourth-order valence-electron chi connectivity index (χ4n) is 5.66. The number of aliphatic hydroxyl groups excluding tert-OH is 1. The van der Waals surface area contributed by atoms with Crippen LogP contribution in [0.1, 0.15) is 32.3 Å². The van der Waals surface area contributed by atoms with E-state index in [0.717, 1.165) is 12.0 Å². The van der Waals surface area contributed by atoms with Crippen LogP contribution in [0.25, 0.3) is 0 Å². The van der Waals surface area contributed by atoms with Crippen LogP contribution in [-0.4, -0.2) is 63.0 Å². The third-order valence-corrected chi connectivity index (χ3v) is 9.03. The summed E-state index contributed by atoms with van der Waals surface area (Å²) >= 11 is 1.63. The van der Waals surface area contributed by atoms with Crippen molar-refractivity contribution >= 4 is 29.5 Å². The Bertz CT molecular complexity index is 865. The van der Waals surface area contributed by atoms with Gasteiger partial charge in [0.2, 0.25) is 17.7 Å². The molecule has 0 saturated carbocycles. The molecule has 0 radical (unpaired) electrons. The molecule has 3 fully saturated rings. The van der Waals surface area contributed by atoms with Gasteiger partial charge >= 0.3 is 0 Å². The van der Waals surface area contributed by atoms with Crippen LogP contribution >= 0.6 is 11.8 Å². The summed E-state index contributed by atoms with van der Waals surface area (Å²) in [7, 11) is 1.59. The summed E-state index contributed by atoms with van der Waals surface area (Å²) in [4.78, 5) is 41.4. The first kappa shape index (κ1) is 21.2. The fraction of sp³-hybridized carbons (Fsp3) is 0.591. The van der Waals surface area contributed by atoms with E-state index in [1.54, 1.807) is 30.6 Å². The van der Waals surface area contributed by atoms with Crippen molar-refractivity contribution in [3.63, 3.8) is 0 Å². The van der Waals surface area contributed by atoms with Crippen LogP contribution in [0.5, 0.6) is 0 Å². The molecule has 2 unspecified atom stereocenters. The first-order valence-electron chi connectivity index (χ1n) is 10.5. The van der Waals surface area contributed by atoms with E-state index in [-0.39, 0.29) is 29.1 Å². The van der Waals surface area contributed by atoms with Crippen molar-refractivity contribution in [1.82, 2.24) is 15.5 Å². The zero-order chi connectivity index (χ0) is 21.7. The molecule has 162 valence electrons.